The van der Waals surface area contributed by atoms with E-state index in [-0.39, 0.29) is 19.5 Å². The molecule has 0 heterocycles. The van der Waals surface area contributed by atoms with Crippen LogP contribution in [0.4, 0.5) is 14.5 Å². The van der Waals surface area contributed by atoms with Crippen molar-refractivity contribution < 1.29 is 26.8 Å². The molecular formula is C20H23F2N3O4S. The van der Waals surface area contributed by atoms with Crippen LogP contribution in [0.1, 0.15) is 23.1 Å². The van der Waals surface area contributed by atoms with Crippen LogP contribution in [0, 0.1) is 32.4 Å². The van der Waals surface area contributed by atoms with Crippen molar-refractivity contribution in [1.82, 2.24) is 10.0 Å². The van der Waals surface area contributed by atoms with Gasteiger partial charge in [-0.3, -0.25) is 9.59 Å². The molecule has 0 radical (unpaired) electrons. The van der Waals surface area contributed by atoms with Gasteiger partial charge in [0.15, 0.2) is 11.6 Å². The fraction of sp³-hybridized carbons (Fsp3) is 0.300. The highest BCUT2D eigenvalue weighted by atomic mass is 32.2. The summed E-state index contributed by atoms with van der Waals surface area (Å²) in [5.41, 5.74) is 3.55. The van der Waals surface area contributed by atoms with Gasteiger partial charge in [0.25, 0.3) is 0 Å². The lowest BCUT2D eigenvalue weighted by Crippen LogP contribution is -2.35. The Morgan fingerprint density at radius 2 is 1.57 bits per heavy atom. The van der Waals surface area contributed by atoms with E-state index in [0.717, 1.165) is 22.8 Å². The van der Waals surface area contributed by atoms with Crippen LogP contribution in [0.3, 0.4) is 0 Å². The molecule has 2 aromatic rings. The van der Waals surface area contributed by atoms with Gasteiger partial charge in [-0.25, -0.2) is 21.9 Å². The molecule has 3 N–H and O–H groups in total. The maximum atomic E-state index is 13.2. The van der Waals surface area contributed by atoms with Gasteiger partial charge >= 0.3 is 0 Å². The van der Waals surface area contributed by atoms with E-state index in [1.165, 1.54) is 0 Å². The van der Waals surface area contributed by atoms with Crippen molar-refractivity contribution in [3.05, 3.63) is 58.7 Å². The third-order valence-electron chi connectivity index (χ3n) is 4.23. The van der Waals surface area contributed by atoms with Crippen LogP contribution in [0.25, 0.3) is 0 Å². The minimum Gasteiger partial charge on any atom is -0.347 e. The molecule has 0 spiro atoms. The Bertz CT molecular complexity index is 1050. The molecule has 0 saturated carbocycles. The van der Waals surface area contributed by atoms with Gasteiger partial charge in [-0.05, 0) is 50.1 Å². The first-order valence-corrected chi connectivity index (χ1v) is 10.6. The molecule has 0 bridgehead atoms. The largest absolute Gasteiger partial charge is 0.347 e. The average Bonchev–Trinajstić information content (AvgIpc) is 2.65. The number of halogens is 2. The zero-order valence-electron chi connectivity index (χ0n) is 16.8. The summed E-state index contributed by atoms with van der Waals surface area (Å²) in [5, 5.41) is 5.14. The topological polar surface area (TPSA) is 104 Å². The number of benzene rings is 2. The molecule has 0 aromatic heterocycles. The Kier molecular flexibility index (Phi) is 7.63. The van der Waals surface area contributed by atoms with E-state index in [1.54, 1.807) is 0 Å². The predicted molar refractivity (Wildman–Crippen MR) is 108 cm³/mol. The standard InChI is InChI=1S/C20H23F2N3O4S/c1-12-8-13(2)20(14(3)9-12)25-19(27)11-23-18(26)6-7-24-30(28,29)15-4-5-16(21)17(22)10-15/h4-5,8-10,24H,6-7,11H2,1-3H3,(H,23,26)(H,25,27). The summed E-state index contributed by atoms with van der Waals surface area (Å²) < 4.78 is 52.3. The van der Waals surface area contributed by atoms with Crippen LogP contribution in [-0.2, 0) is 19.6 Å². The van der Waals surface area contributed by atoms with Gasteiger partial charge in [-0.15, -0.1) is 0 Å². The Morgan fingerprint density at radius 3 is 2.17 bits per heavy atom. The first-order chi connectivity index (χ1) is 14.0. The molecule has 0 saturated heterocycles. The lowest BCUT2D eigenvalue weighted by molar-refractivity contribution is -0.124. The molecule has 0 unspecified atom stereocenters. The number of hydrogen-bond donors (Lipinski definition) is 3. The summed E-state index contributed by atoms with van der Waals surface area (Å²) in [6.45, 7) is 5.14. The molecule has 2 rings (SSSR count). The number of anilines is 1. The molecular weight excluding hydrogens is 416 g/mol. The molecule has 2 amide bonds. The van der Waals surface area contributed by atoms with Gasteiger partial charge < -0.3 is 10.6 Å². The van der Waals surface area contributed by atoms with Crippen molar-refractivity contribution in [3.8, 4) is 0 Å². The molecule has 0 aliphatic heterocycles. The first-order valence-electron chi connectivity index (χ1n) is 9.08. The fourth-order valence-electron chi connectivity index (χ4n) is 2.85. The van der Waals surface area contributed by atoms with Gasteiger partial charge in [0.1, 0.15) is 0 Å². The van der Waals surface area contributed by atoms with Crippen LogP contribution in [0.5, 0.6) is 0 Å². The van der Waals surface area contributed by atoms with Gasteiger partial charge in [0, 0.05) is 18.7 Å². The van der Waals surface area contributed by atoms with Crippen molar-refractivity contribution in [2.24, 2.45) is 0 Å². The van der Waals surface area contributed by atoms with Crippen molar-refractivity contribution in [3.63, 3.8) is 0 Å². The van der Waals surface area contributed by atoms with E-state index in [2.05, 4.69) is 15.4 Å². The zero-order chi connectivity index (χ0) is 22.5. The lowest BCUT2D eigenvalue weighted by Gasteiger charge is -2.13. The van der Waals surface area contributed by atoms with E-state index < -0.39 is 38.4 Å². The average molecular weight is 439 g/mol. The second-order valence-corrected chi connectivity index (χ2v) is 8.59. The van der Waals surface area contributed by atoms with E-state index in [0.29, 0.717) is 17.8 Å². The van der Waals surface area contributed by atoms with Crippen molar-refractivity contribution in [2.45, 2.75) is 32.1 Å². The second kappa shape index (κ2) is 9.77. The first kappa shape index (κ1) is 23.4. The summed E-state index contributed by atoms with van der Waals surface area (Å²) in [6.07, 6.45) is -0.237. The van der Waals surface area contributed by atoms with Gasteiger partial charge in [0.05, 0.1) is 11.4 Å². The second-order valence-electron chi connectivity index (χ2n) is 6.82. The molecule has 0 atom stereocenters. The number of sulfonamides is 1. The van der Waals surface area contributed by atoms with Crippen LogP contribution < -0.4 is 15.4 Å². The molecule has 7 nitrogen and oxygen atoms in total. The predicted octanol–water partition coefficient (Wildman–Crippen LogP) is 2.31. The summed E-state index contributed by atoms with van der Waals surface area (Å²) in [6, 6.07) is 6.03. The highest BCUT2D eigenvalue weighted by molar-refractivity contribution is 7.89. The SMILES string of the molecule is Cc1cc(C)c(NC(=O)CNC(=O)CCNS(=O)(=O)c2ccc(F)c(F)c2)c(C)c1. The highest BCUT2D eigenvalue weighted by Gasteiger charge is 2.17. The van der Waals surface area contributed by atoms with Gasteiger partial charge in [-0.1, -0.05) is 17.7 Å². The molecule has 10 heteroatoms. The monoisotopic (exact) mass is 439 g/mol. The fourth-order valence-corrected chi connectivity index (χ4v) is 3.90. The third-order valence-corrected chi connectivity index (χ3v) is 5.69. The number of amides is 2. The lowest BCUT2D eigenvalue weighted by atomic mass is 10.1. The van der Waals surface area contributed by atoms with E-state index in [1.807, 2.05) is 32.9 Å². The van der Waals surface area contributed by atoms with Crippen LogP contribution in [-0.4, -0.2) is 33.3 Å². The minimum absolute atomic E-state index is 0.237. The van der Waals surface area contributed by atoms with Gasteiger partial charge in [-0.2, -0.15) is 0 Å². The third kappa shape index (κ3) is 6.33. The summed E-state index contributed by atoms with van der Waals surface area (Å²) in [7, 11) is -4.10. The number of carbonyl (C=O) groups excluding carboxylic acids is 2. The normalized spacial score (nSPS) is 11.2. The number of rotatable bonds is 8. The van der Waals surface area contributed by atoms with Crippen molar-refractivity contribution >= 4 is 27.5 Å². The van der Waals surface area contributed by atoms with Crippen molar-refractivity contribution in [1.29, 1.82) is 0 Å². The maximum Gasteiger partial charge on any atom is 0.243 e. The zero-order valence-corrected chi connectivity index (χ0v) is 17.6. The van der Waals surface area contributed by atoms with Crippen LogP contribution in [0.2, 0.25) is 0 Å². The van der Waals surface area contributed by atoms with E-state index >= 15 is 0 Å². The van der Waals surface area contributed by atoms with Gasteiger partial charge in [0.2, 0.25) is 21.8 Å². The molecule has 162 valence electrons. The summed E-state index contributed by atoms with van der Waals surface area (Å²) in [5.74, 6) is -3.42. The molecule has 2 aromatic carbocycles. The van der Waals surface area contributed by atoms with Crippen molar-refractivity contribution in [2.75, 3.05) is 18.4 Å². The number of aryl methyl sites for hydroxylation is 3. The highest BCUT2D eigenvalue weighted by Crippen LogP contribution is 2.21. The quantitative estimate of drug-likeness (QED) is 0.587. The Labute approximate surface area is 173 Å². The van der Waals surface area contributed by atoms with E-state index in [4.69, 9.17) is 0 Å². The molecule has 0 fully saturated rings. The van der Waals surface area contributed by atoms with Crippen LogP contribution in [0.15, 0.2) is 35.2 Å². The van der Waals surface area contributed by atoms with Crippen LogP contribution >= 0.6 is 0 Å². The smallest absolute Gasteiger partial charge is 0.243 e. The van der Waals surface area contributed by atoms with E-state index in [9.17, 15) is 26.8 Å². The number of hydrogen-bond acceptors (Lipinski definition) is 4. The summed E-state index contributed by atoms with van der Waals surface area (Å²) >= 11 is 0. The maximum absolute atomic E-state index is 13.2. The Hall–Kier alpha value is -2.85. The molecule has 0 aliphatic rings. The number of nitrogens with one attached hydrogen (secondary N) is 3. The molecule has 30 heavy (non-hydrogen) atoms. The molecule has 0 aliphatic carbocycles. The summed E-state index contributed by atoms with van der Waals surface area (Å²) in [4.78, 5) is 23.5. The minimum atomic E-state index is -4.10. The Morgan fingerprint density at radius 1 is 0.933 bits per heavy atom. The Balaban J connectivity index is 1.81. The number of carbonyl (C=O) groups is 2.